The third-order valence-electron chi connectivity index (χ3n) is 3.09. The molecule has 1 rings (SSSR count). The molecule has 0 aliphatic heterocycles. The van der Waals surface area contributed by atoms with E-state index in [4.69, 9.17) is 5.11 Å². The van der Waals surface area contributed by atoms with Gasteiger partial charge in [0.05, 0.1) is 5.92 Å². The van der Waals surface area contributed by atoms with E-state index in [9.17, 15) is 9.59 Å². The van der Waals surface area contributed by atoms with E-state index in [0.29, 0.717) is 12.0 Å². The van der Waals surface area contributed by atoms with Gasteiger partial charge in [0, 0.05) is 26.2 Å². The molecule has 0 aromatic carbocycles. The highest BCUT2D eigenvalue weighted by Gasteiger charge is 2.34. The van der Waals surface area contributed by atoms with Crippen LogP contribution in [0.15, 0.2) is 0 Å². The topological polar surface area (TPSA) is 60.9 Å². The van der Waals surface area contributed by atoms with E-state index in [1.807, 2.05) is 4.90 Å². The minimum absolute atomic E-state index is 0.0423. The van der Waals surface area contributed by atoms with Gasteiger partial charge in [-0.15, -0.1) is 0 Å². The van der Waals surface area contributed by atoms with Gasteiger partial charge in [0.2, 0.25) is 0 Å². The molecule has 0 radical (unpaired) electrons. The Balaban J connectivity index is 2.56. The molecular weight excluding hydrogens is 232 g/mol. The summed E-state index contributed by atoms with van der Waals surface area (Å²) in [6.45, 7) is 6.80. The average Bonchev–Trinajstić information content (AvgIpc) is 3.08. The number of nitrogens with zero attached hydrogens (tertiary/aromatic N) is 2. The van der Waals surface area contributed by atoms with Crippen LogP contribution in [0.4, 0.5) is 4.79 Å². The molecule has 104 valence electrons. The van der Waals surface area contributed by atoms with Crippen LogP contribution in [0.3, 0.4) is 0 Å². The van der Waals surface area contributed by atoms with Crippen molar-refractivity contribution >= 4 is 12.0 Å². The molecule has 1 aliphatic rings. The Morgan fingerprint density at radius 2 is 1.78 bits per heavy atom. The fourth-order valence-corrected chi connectivity index (χ4v) is 1.95. The molecule has 0 bridgehead atoms. The van der Waals surface area contributed by atoms with E-state index in [-0.39, 0.29) is 12.6 Å². The minimum Gasteiger partial charge on any atom is -0.481 e. The summed E-state index contributed by atoms with van der Waals surface area (Å²) in [4.78, 5) is 26.5. The fraction of sp³-hybridized carbons (Fsp3) is 0.846. The van der Waals surface area contributed by atoms with Gasteiger partial charge in [-0.2, -0.15) is 0 Å². The Kier molecular flexibility index (Phi) is 4.99. The summed E-state index contributed by atoms with van der Waals surface area (Å²) in [5.74, 6) is -0.963. The van der Waals surface area contributed by atoms with Crippen molar-refractivity contribution in [2.75, 3.05) is 20.1 Å². The predicted octanol–water partition coefficient (Wildman–Crippen LogP) is 1.88. The Morgan fingerprint density at radius 1 is 1.22 bits per heavy atom. The number of hydrogen-bond acceptors (Lipinski definition) is 2. The Morgan fingerprint density at radius 3 is 2.17 bits per heavy atom. The van der Waals surface area contributed by atoms with E-state index in [1.54, 1.807) is 14.0 Å². The average molecular weight is 256 g/mol. The Bertz CT molecular complexity index is 313. The number of carbonyl (C=O) groups excluding carboxylic acids is 1. The Hall–Kier alpha value is -1.26. The van der Waals surface area contributed by atoms with E-state index in [1.165, 1.54) is 4.90 Å². The first-order chi connectivity index (χ1) is 8.32. The van der Waals surface area contributed by atoms with Crippen LogP contribution >= 0.6 is 0 Å². The second-order valence-electron chi connectivity index (χ2n) is 5.68. The van der Waals surface area contributed by atoms with Crippen molar-refractivity contribution in [2.24, 2.45) is 11.8 Å². The van der Waals surface area contributed by atoms with E-state index in [2.05, 4.69) is 13.8 Å². The summed E-state index contributed by atoms with van der Waals surface area (Å²) in [7, 11) is 1.68. The lowest BCUT2D eigenvalue weighted by Crippen LogP contribution is -2.46. The lowest BCUT2D eigenvalue weighted by molar-refractivity contribution is -0.141. The van der Waals surface area contributed by atoms with Gasteiger partial charge in [0.15, 0.2) is 0 Å². The SMILES string of the molecule is CC(C)CN(C(=O)N(C)CC(C)C(=O)O)C1CC1. The molecule has 0 aromatic rings. The van der Waals surface area contributed by atoms with Gasteiger partial charge in [0.1, 0.15) is 0 Å². The zero-order chi connectivity index (χ0) is 13.9. The van der Waals surface area contributed by atoms with E-state index >= 15 is 0 Å². The highest BCUT2D eigenvalue weighted by molar-refractivity contribution is 5.76. The molecule has 18 heavy (non-hydrogen) atoms. The van der Waals surface area contributed by atoms with Gasteiger partial charge in [0.25, 0.3) is 0 Å². The van der Waals surface area contributed by atoms with Gasteiger partial charge < -0.3 is 14.9 Å². The third-order valence-corrected chi connectivity index (χ3v) is 3.09. The van der Waals surface area contributed by atoms with Crippen molar-refractivity contribution in [2.45, 2.75) is 39.7 Å². The maximum atomic E-state index is 12.3. The van der Waals surface area contributed by atoms with Crippen LogP contribution in [-0.4, -0.2) is 53.1 Å². The molecule has 1 atom stereocenters. The number of carboxylic acid groups (broad SMARTS) is 1. The van der Waals surface area contributed by atoms with Crippen molar-refractivity contribution in [3.63, 3.8) is 0 Å². The lowest BCUT2D eigenvalue weighted by Gasteiger charge is -2.30. The first-order valence-electron chi connectivity index (χ1n) is 6.57. The number of urea groups is 1. The molecule has 1 aliphatic carbocycles. The van der Waals surface area contributed by atoms with Crippen molar-refractivity contribution in [1.82, 2.24) is 9.80 Å². The van der Waals surface area contributed by atoms with Crippen LogP contribution in [0.5, 0.6) is 0 Å². The normalized spacial score (nSPS) is 16.5. The number of hydrogen-bond donors (Lipinski definition) is 1. The standard InChI is InChI=1S/C13H24N2O3/c1-9(2)7-15(11-5-6-11)13(18)14(4)8-10(3)12(16)17/h9-11H,5-8H2,1-4H3,(H,16,17). The number of rotatable bonds is 6. The van der Waals surface area contributed by atoms with Gasteiger partial charge >= 0.3 is 12.0 Å². The van der Waals surface area contributed by atoms with E-state index < -0.39 is 11.9 Å². The molecule has 0 spiro atoms. The van der Waals surface area contributed by atoms with Crippen LogP contribution in [0.25, 0.3) is 0 Å². The number of carbonyl (C=O) groups is 2. The van der Waals surface area contributed by atoms with Crippen molar-refractivity contribution in [3.8, 4) is 0 Å². The predicted molar refractivity (Wildman–Crippen MR) is 69.4 cm³/mol. The summed E-state index contributed by atoms with van der Waals surface area (Å²) in [5.41, 5.74) is 0. The third kappa shape index (κ3) is 4.20. The number of carboxylic acids is 1. The maximum Gasteiger partial charge on any atom is 0.320 e. The van der Waals surface area contributed by atoms with Crippen LogP contribution < -0.4 is 0 Å². The van der Waals surface area contributed by atoms with Crippen molar-refractivity contribution in [1.29, 1.82) is 0 Å². The molecule has 5 heteroatoms. The van der Waals surface area contributed by atoms with Gasteiger partial charge in [-0.1, -0.05) is 20.8 Å². The smallest absolute Gasteiger partial charge is 0.320 e. The van der Waals surface area contributed by atoms with Crippen LogP contribution in [0, 0.1) is 11.8 Å². The molecule has 1 unspecified atom stereocenters. The minimum atomic E-state index is -0.864. The quantitative estimate of drug-likeness (QED) is 0.789. The van der Waals surface area contributed by atoms with Crippen LogP contribution in [-0.2, 0) is 4.79 Å². The van der Waals surface area contributed by atoms with Gasteiger partial charge in [-0.05, 0) is 18.8 Å². The zero-order valence-electron chi connectivity index (χ0n) is 11.7. The van der Waals surface area contributed by atoms with Gasteiger partial charge in [-0.25, -0.2) is 4.79 Å². The summed E-state index contributed by atoms with van der Waals surface area (Å²) < 4.78 is 0. The molecule has 0 heterocycles. The summed E-state index contributed by atoms with van der Waals surface area (Å²) in [5, 5.41) is 8.87. The lowest BCUT2D eigenvalue weighted by atomic mass is 10.2. The largest absolute Gasteiger partial charge is 0.481 e. The molecule has 1 N–H and O–H groups in total. The molecule has 1 saturated carbocycles. The molecule has 5 nitrogen and oxygen atoms in total. The van der Waals surface area contributed by atoms with E-state index in [0.717, 1.165) is 19.4 Å². The molecule has 0 aromatic heterocycles. The van der Waals surface area contributed by atoms with Crippen molar-refractivity contribution in [3.05, 3.63) is 0 Å². The second kappa shape index (κ2) is 6.07. The number of amides is 2. The van der Waals surface area contributed by atoms with Crippen molar-refractivity contribution < 1.29 is 14.7 Å². The highest BCUT2D eigenvalue weighted by atomic mass is 16.4. The molecule has 1 fully saturated rings. The summed E-state index contributed by atoms with van der Waals surface area (Å²) in [6, 6.07) is 0.321. The zero-order valence-corrected chi connectivity index (χ0v) is 11.7. The molecule has 0 saturated heterocycles. The highest BCUT2D eigenvalue weighted by Crippen LogP contribution is 2.28. The number of aliphatic carboxylic acids is 1. The van der Waals surface area contributed by atoms with Crippen LogP contribution in [0.1, 0.15) is 33.6 Å². The molecular formula is C13H24N2O3. The summed E-state index contributed by atoms with van der Waals surface area (Å²) in [6.07, 6.45) is 2.14. The molecule has 2 amide bonds. The Labute approximate surface area is 109 Å². The second-order valence-corrected chi connectivity index (χ2v) is 5.68. The van der Waals surface area contributed by atoms with Gasteiger partial charge in [-0.3, -0.25) is 4.79 Å². The monoisotopic (exact) mass is 256 g/mol. The maximum absolute atomic E-state index is 12.3. The fourth-order valence-electron chi connectivity index (χ4n) is 1.95. The van der Waals surface area contributed by atoms with Crippen LogP contribution in [0.2, 0.25) is 0 Å². The first kappa shape index (κ1) is 14.8. The first-order valence-corrected chi connectivity index (χ1v) is 6.57. The summed E-state index contributed by atoms with van der Waals surface area (Å²) >= 11 is 0.